The number of hydrogen-bond donors (Lipinski definition) is 2. The molecular weight excluding hydrogens is 350 g/mol. The molecule has 3 heterocycles. The van der Waals surface area contributed by atoms with Gasteiger partial charge in [-0.15, -0.1) is 0 Å². The van der Waals surface area contributed by atoms with E-state index in [1.165, 1.54) is 0 Å². The van der Waals surface area contributed by atoms with Crippen LogP contribution in [-0.2, 0) is 0 Å². The Morgan fingerprint density at radius 1 is 0.857 bits per heavy atom. The summed E-state index contributed by atoms with van der Waals surface area (Å²) in [5.74, 6) is -0.931. The fourth-order valence-corrected chi connectivity index (χ4v) is 3.54. The zero-order valence-electron chi connectivity index (χ0n) is 14.8. The van der Waals surface area contributed by atoms with Crippen LogP contribution in [0.15, 0.2) is 79.3 Å². The fraction of sp³-hybridized carbons (Fsp3) is 0. The topological polar surface area (TPSA) is 78.9 Å². The minimum absolute atomic E-state index is 0.269. The summed E-state index contributed by atoms with van der Waals surface area (Å²) in [7, 11) is 0. The lowest BCUT2D eigenvalue weighted by Gasteiger charge is -2.07. The van der Waals surface area contributed by atoms with Crippen LogP contribution in [0.3, 0.4) is 0 Å². The molecule has 0 aliphatic rings. The Kier molecular flexibility index (Phi) is 3.66. The second-order valence-electron chi connectivity index (χ2n) is 6.58. The van der Waals surface area contributed by atoms with E-state index in [0.29, 0.717) is 0 Å². The first-order chi connectivity index (χ1) is 13.7. The average Bonchev–Trinajstić information content (AvgIpc) is 3.16. The maximum atomic E-state index is 11.1. The molecule has 0 radical (unpaired) electrons. The van der Waals surface area contributed by atoms with Crippen molar-refractivity contribution in [2.24, 2.45) is 0 Å². The third kappa shape index (κ3) is 2.61. The molecule has 0 fully saturated rings. The van der Waals surface area contributed by atoms with Gasteiger partial charge in [0.25, 0.3) is 0 Å². The molecule has 5 aromatic rings. The second kappa shape index (κ2) is 6.32. The summed E-state index contributed by atoms with van der Waals surface area (Å²) in [5.41, 5.74) is 6.01. The van der Waals surface area contributed by atoms with E-state index in [1.807, 2.05) is 42.7 Å². The average molecular weight is 365 g/mol. The van der Waals surface area contributed by atoms with Crippen molar-refractivity contribution >= 4 is 27.9 Å². The molecule has 5 heteroatoms. The van der Waals surface area contributed by atoms with Crippen LogP contribution in [0.2, 0.25) is 0 Å². The van der Waals surface area contributed by atoms with E-state index < -0.39 is 5.97 Å². The molecule has 2 N–H and O–H groups in total. The van der Waals surface area contributed by atoms with E-state index in [2.05, 4.69) is 33.2 Å². The third-order valence-corrected chi connectivity index (χ3v) is 4.93. The summed E-state index contributed by atoms with van der Waals surface area (Å²) in [4.78, 5) is 23.3. The predicted molar refractivity (Wildman–Crippen MR) is 109 cm³/mol. The van der Waals surface area contributed by atoms with Crippen molar-refractivity contribution < 1.29 is 9.90 Å². The summed E-state index contributed by atoms with van der Waals surface area (Å²) >= 11 is 0. The fourth-order valence-electron chi connectivity index (χ4n) is 3.54. The lowest BCUT2D eigenvalue weighted by atomic mass is 9.99. The molecule has 0 bridgehead atoms. The molecule has 134 valence electrons. The van der Waals surface area contributed by atoms with Crippen molar-refractivity contribution in [2.45, 2.75) is 0 Å². The minimum atomic E-state index is -0.931. The highest BCUT2D eigenvalue weighted by molar-refractivity contribution is 6.00. The highest BCUT2D eigenvalue weighted by atomic mass is 16.4. The van der Waals surface area contributed by atoms with Gasteiger partial charge in [-0.05, 0) is 41.5 Å². The van der Waals surface area contributed by atoms with Crippen LogP contribution in [0.4, 0.5) is 0 Å². The lowest BCUT2D eigenvalue weighted by molar-refractivity contribution is 0.0697. The van der Waals surface area contributed by atoms with Gasteiger partial charge in [0.15, 0.2) is 0 Å². The standard InChI is InChI=1S/C23H15N3O2/c27-23(28)15-8-6-14(7-9-15)20-13-26-22-19(20)11-16(12-25-22)17-3-1-5-21-18(17)4-2-10-24-21/h1-13H,(H,25,26)(H,27,28). The molecule has 0 atom stereocenters. The first-order valence-corrected chi connectivity index (χ1v) is 8.86. The smallest absolute Gasteiger partial charge is 0.335 e. The lowest BCUT2D eigenvalue weighted by Crippen LogP contribution is -1.94. The Balaban J connectivity index is 1.67. The Morgan fingerprint density at radius 3 is 2.54 bits per heavy atom. The number of carboxylic acid groups (broad SMARTS) is 1. The summed E-state index contributed by atoms with van der Waals surface area (Å²) in [6.45, 7) is 0. The SMILES string of the molecule is O=C(O)c1ccc(-c2c[nH]c3ncc(-c4cccc5ncccc45)cc23)cc1. The summed E-state index contributed by atoms with van der Waals surface area (Å²) < 4.78 is 0. The molecule has 2 aromatic carbocycles. The number of aromatic carboxylic acids is 1. The molecule has 0 aliphatic carbocycles. The predicted octanol–water partition coefficient (Wildman–Crippen LogP) is 5.14. The number of benzene rings is 2. The number of pyridine rings is 2. The quantitative estimate of drug-likeness (QED) is 0.464. The molecule has 0 aliphatic heterocycles. The van der Waals surface area contributed by atoms with Crippen molar-refractivity contribution in [3.8, 4) is 22.3 Å². The number of rotatable bonds is 3. The van der Waals surface area contributed by atoms with Crippen molar-refractivity contribution in [1.82, 2.24) is 15.0 Å². The largest absolute Gasteiger partial charge is 0.478 e. The number of aromatic nitrogens is 3. The highest BCUT2D eigenvalue weighted by Crippen LogP contribution is 2.33. The van der Waals surface area contributed by atoms with Gasteiger partial charge in [-0.2, -0.15) is 0 Å². The van der Waals surface area contributed by atoms with Gasteiger partial charge in [0, 0.05) is 40.5 Å². The number of carboxylic acids is 1. The minimum Gasteiger partial charge on any atom is -0.478 e. The molecule has 3 aromatic heterocycles. The van der Waals surface area contributed by atoms with E-state index in [-0.39, 0.29) is 5.56 Å². The molecular formula is C23H15N3O2. The van der Waals surface area contributed by atoms with Crippen LogP contribution in [-0.4, -0.2) is 26.0 Å². The first kappa shape index (κ1) is 16.2. The zero-order valence-corrected chi connectivity index (χ0v) is 14.8. The van der Waals surface area contributed by atoms with Crippen LogP contribution < -0.4 is 0 Å². The summed E-state index contributed by atoms with van der Waals surface area (Å²) in [6, 6.07) is 19.0. The van der Waals surface area contributed by atoms with Gasteiger partial charge in [-0.3, -0.25) is 4.98 Å². The molecule has 0 saturated carbocycles. The number of aromatic amines is 1. The van der Waals surface area contributed by atoms with Crippen molar-refractivity contribution in [3.63, 3.8) is 0 Å². The number of carbonyl (C=O) groups is 1. The van der Waals surface area contributed by atoms with Gasteiger partial charge in [0.2, 0.25) is 0 Å². The van der Waals surface area contributed by atoms with Crippen molar-refractivity contribution in [2.75, 3.05) is 0 Å². The number of fused-ring (bicyclic) bond motifs is 2. The summed E-state index contributed by atoms with van der Waals surface area (Å²) in [6.07, 6.45) is 5.55. The van der Waals surface area contributed by atoms with E-state index >= 15 is 0 Å². The van der Waals surface area contributed by atoms with E-state index in [0.717, 1.165) is 44.2 Å². The van der Waals surface area contributed by atoms with Crippen molar-refractivity contribution in [1.29, 1.82) is 0 Å². The van der Waals surface area contributed by atoms with E-state index in [4.69, 9.17) is 5.11 Å². The molecule has 28 heavy (non-hydrogen) atoms. The number of nitrogens with zero attached hydrogens (tertiary/aromatic N) is 2. The van der Waals surface area contributed by atoms with E-state index in [9.17, 15) is 4.79 Å². The third-order valence-electron chi connectivity index (χ3n) is 4.93. The van der Waals surface area contributed by atoms with Gasteiger partial charge in [-0.25, -0.2) is 9.78 Å². The Morgan fingerprint density at radius 2 is 1.71 bits per heavy atom. The molecule has 5 rings (SSSR count). The molecule has 0 spiro atoms. The first-order valence-electron chi connectivity index (χ1n) is 8.86. The van der Waals surface area contributed by atoms with Crippen LogP contribution in [0.5, 0.6) is 0 Å². The monoisotopic (exact) mass is 365 g/mol. The number of H-pyrrole nitrogens is 1. The van der Waals surface area contributed by atoms with Gasteiger partial charge in [0.05, 0.1) is 11.1 Å². The van der Waals surface area contributed by atoms with Crippen LogP contribution in [0.25, 0.3) is 44.2 Å². The molecule has 0 saturated heterocycles. The van der Waals surface area contributed by atoms with Crippen LogP contribution in [0, 0.1) is 0 Å². The van der Waals surface area contributed by atoms with Crippen molar-refractivity contribution in [3.05, 3.63) is 84.8 Å². The van der Waals surface area contributed by atoms with Gasteiger partial charge >= 0.3 is 5.97 Å². The number of hydrogen-bond acceptors (Lipinski definition) is 3. The maximum Gasteiger partial charge on any atom is 0.335 e. The highest BCUT2D eigenvalue weighted by Gasteiger charge is 2.11. The van der Waals surface area contributed by atoms with Crippen LogP contribution >= 0.6 is 0 Å². The van der Waals surface area contributed by atoms with E-state index in [1.54, 1.807) is 18.3 Å². The molecule has 0 unspecified atom stereocenters. The van der Waals surface area contributed by atoms with Gasteiger partial charge in [-0.1, -0.05) is 30.3 Å². The maximum absolute atomic E-state index is 11.1. The van der Waals surface area contributed by atoms with Gasteiger partial charge < -0.3 is 10.1 Å². The van der Waals surface area contributed by atoms with Gasteiger partial charge in [0.1, 0.15) is 5.65 Å². The Labute approximate surface area is 160 Å². The second-order valence-corrected chi connectivity index (χ2v) is 6.58. The summed E-state index contributed by atoms with van der Waals surface area (Å²) in [5, 5.41) is 11.2. The Bertz CT molecular complexity index is 1330. The molecule has 0 amide bonds. The molecule has 5 nitrogen and oxygen atoms in total. The number of nitrogens with one attached hydrogen (secondary N) is 1. The Hall–Kier alpha value is -3.99. The normalized spacial score (nSPS) is 11.1. The van der Waals surface area contributed by atoms with Crippen LogP contribution in [0.1, 0.15) is 10.4 Å². The zero-order chi connectivity index (χ0) is 19.1.